The zero-order valence-electron chi connectivity index (χ0n) is 19.6. The van der Waals surface area contributed by atoms with Gasteiger partial charge in [0.15, 0.2) is 17.3 Å². The van der Waals surface area contributed by atoms with Gasteiger partial charge in [0.2, 0.25) is 0 Å². The Bertz CT molecular complexity index is 940. The smallest absolute Gasteiger partial charge is 0.342 e. The molecule has 2 aliphatic heterocycles. The minimum absolute atomic E-state index is 0.0364. The van der Waals surface area contributed by atoms with Crippen LogP contribution in [0, 0.1) is 11.3 Å². The molecule has 0 unspecified atom stereocenters. The summed E-state index contributed by atoms with van der Waals surface area (Å²) in [5.74, 6) is -2.59. The summed E-state index contributed by atoms with van der Waals surface area (Å²) >= 11 is 0. The van der Waals surface area contributed by atoms with E-state index in [-0.39, 0.29) is 6.42 Å². The van der Waals surface area contributed by atoms with E-state index in [0.717, 1.165) is 5.57 Å². The first kappa shape index (κ1) is 23.9. The molecule has 3 fully saturated rings. The Kier molecular flexibility index (Phi) is 5.54. The van der Waals surface area contributed by atoms with Gasteiger partial charge in [0.05, 0.1) is 17.6 Å². The van der Waals surface area contributed by atoms with Crippen LogP contribution in [0.3, 0.4) is 0 Å². The lowest BCUT2D eigenvalue weighted by atomic mass is 9.55. The number of carbonyl (C=O) groups is 3. The topological polar surface area (TPSA) is 132 Å². The van der Waals surface area contributed by atoms with E-state index in [1.807, 2.05) is 6.92 Å². The Balaban J connectivity index is 1.92. The molecule has 182 valence electrons. The summed E-state index contributed by atoms with van der Waals surface area (Å²) in [6, 6.07) is 0. The molecule has 0 aromatic heterocycles. The molecule has 4 rings (SSSR count). The van der Waals surface area contributed by atoms with Crippen LogP contribution >= 0.6 is 0 Å². The Morgan fingerprint density at radius 1 is 1.15 bits per heavy atom. The van der Waals surface area contributed by atoms with E-state index in [0.29, 0.717) is 18.4 Å². The van der Waals surface area contributed by atoms with Gasteiger partial charge in [-0.05, 0) is 38.3 Å². The molecule has 9 atom stereocenters. The van der Waals surface area contributed by atoms with E-state index in [4.69, 9.17) is 18.9 Å². The van der Waals surface area contributed by atoms with Crippen molar-refractivity contribution in [3.05, 3.63) is 23.8 Å². The van der Waals surface area contributed by atoms with Crippen LogP contribution in [-0.2, 0) is 33.3 Å². The molecule has 0 aromatic carbocycles. The number of rotatable bonds is 2. The van der Waals surface area contributed by atoms with Crippen LogP contribution in [0.2, 0.25) is 0 Å². The number of hydrogen-bond acceptors (Lipinski definition) is 9. The van der Waals surface area contributed by atoms with E-state index < -0.39 is 71.0 Å². The summed E-state index contributed by atoms with van der Waals surface area (Å²) in [5, 5.41) is 22.7. The summed E-state index contributed by atoms with van der Waals surface area (Å²) in [4.78, 5) is 36.8. The third-order valence-corrected chi connectivity index (χ3v) is 8.05. The van der Waals surface area contributed by atoms with Crippen LogP contribution in [0.15, 0.2) is 23.8 Å². The van der Waals surface area contributed by atoms with E-state index in [2.05, 4.69) is 6.58 Å². The zero-order valence-corrected chi connectivity index (χ0v) is 19.6. The maximum absolute atomic E-state index is 12.7. The van der Waals surface area contributed by atoms with Gasteiger partial charge in [-0.15, -0.1) is 0 Å². The fraction of sp³-hybridized carbons (Fsp3) is 0.708. The molecule has 2 N–H and O–H groups in total. The van der Waals surface area contributed by atoms with Crippen molar-refractivity contribution >= 4 is 17.9 Å². The second-order valence-electron chi connectivity index (χ2n) is 10.1. The van der Waals surface area contributed by atoms with Gasteiger partial charge in [-0.1, -0.05) is 19.1 Å². The number of aliphatic hydroxyl groups excluding tert-OH is 2. The molecule has 33 heavy (non-hydrogen) atoms. The first-order valence-corrected chi connectivity index (χ1v) is 11.3. The van der Waals surface area contributed by atoms with Crippen LogP contribution in [0.25, 0.3) is 0 Å². The van der Waals surface area contributed by atoms with Crippen molar-refractivity contribution in [1.82, 2.24) is 0 Å². The zero-order chi connectivity index (χ0) is 24.5. The Morgan fingerprint density at radius 3 is 2.33 bits per heavy atom. The van der Waals surface area contributed by atoms with Crippen molar-refractivity contribution in [3.8, 4) is 0 Å². The van der Waals surface area contributed by atoms with Gasteiger partial charge >= 0.3 is 17.9 Å². The highest BCUT2D eigenvalue weighted by molar-refractivity contribution is 5.89. The van der Waals surface area contributed by atoms with Crippen LogP contribution in [-0.4, -0.2) is 69.8 Å². The Labute approximate surface area is 192 Å². The van der Waals surface area contributed by atoms with Crippen LogP contribution in [0.5, 0.6) is 0 Å². The number of fused-ring (bicyclic) bond motifs is 1. The maximum atomic E-state index is 12.7. The van der Waals surface area contributed by atoms with E-state index >= 15 is 0 Å². The number of esters is 3. The fourth-order valence-corrected chi connectivity index (χ4v) is 6.21. The van der Waals surface area contributed by atoms with Crippen molar-refractivity contribution in [2.45, 2.75) is 95.6 Å². The van der Waals surface area contributed by atoms with Crippen LogP contribution in [0.1, 0.15) is 53.9 Å². The summed E-state index contributed by atoms with van der Waals surface area (Å²) in [7, 11) is 0. The molecule has 0 bridgehead atoms. The molecule has 2 saturated heterocycles. The minimum Gasteiger partial charge on any atom is -0.462 e. The number of aliphatic hydroxyl groups is 2. The molecule has 1 saturated carbocycles. The highest BCUT2D eigenvalue weighted by atomic mass is 16.7. The lowest BCUT2D eigenvalue weighted by Gasteiger charge is -2.54. The van der Waals surface area contributed by atoms with E-state index in [1.165, 1.54) is 13.8 Å². The molecular formula is C24H32O9. The van der Waals surface area contributed by atoms with Crippen molar-refractivity contribution in [1.29, 1.82) is 0 Å². The first-order valence-electron chi connectivity index (χ1n) is 11.3. The lowest BCUT2D eigenvalue weighted by molar-refractivity contribution is -0.200. The summed E-state index contributed by atoms with van der Waals surface area (Å²) in [6.45, 7) is 11.8. The molecule has 0 aromatic rings. The standard InChI is InChI=1S/C24H32O9/c1-11-7-8-16(30-13(3)25)22(5)17(31-14(4)26)10-15(27)12(2)19(22)20(28)24-18(9-11)32-21(29)23(24,6)33-24/h9,15-20,27-28H,2,7-8,10H2,1,3-6H3/b11-9-/t15-,16-,17+,18-,19+,20-,22-,23-,24-/m1/s1. The summed E-state index contributed by atoms with van der Waals surface area (Å²) in [6.07, 6.45) is -2.29. The van der Waals surface area contributed by atoms with Gasteiger partial charge in [-0.3, -0.25) is 9.59 Å². The highest BCUT2D eigenvalue weighted by Gasteiger charge is 2.86. The lowest BCUT2D eigenvalue weighted by Crippen LogP contribution is -2.63. The Morgan fingerprint density at radius 2 is 1.76 bits per heavy atom. The van der Waals surface area contributed by atoms with Crippen LogP contribution < -0.4 is 0 Å². The van der Waals surface area contributed by atoms with E-state index in [1.54, 1.807) is 19.9 Å². The van der Waals surface area contributed by atoms with E-state index in [9.17, 15) is 24.6 Å². The summed E-state index contributed by atoms with van der Waals surface area (Å²) in [5.41, 5.74) is -2.77. The summed E-state index contributed by atoms with van der Waals surface area (Å²) < 4.78 is 22.9. The number of epoxide rings is 1. The second kappa shape index (κ2) is 7.65. The normalized spacial score (nSPS) is 48.3. The van der Waals surface area contributed by atoms with Gasteiger partial charge in [-0.2, -0.15) is 0 Å². The Hall–Kier alpha value is -2.23. The molecular weight excluding hydrogens is 432 g/mol. The molecule has 0 amide bonds. The molecule has 9 nitrogen and oxygen atoms in total. The highest BCUT2D eigenvalue weighted by Crippen LogP contribution is 2.64. The number of ether oxygens (including phenoxy) is 4. The second-order valence-corrected chi connectivity index (χ2v) is 10.1. The molecule has 4 aliphatic rings. The molecule has 0 radical (unpaired) electrons. The maximum Gasteiger partial charge on any atom is 0.342 e. The minimum atomic E-state index is -1.41. The molecule has 1 spiro atoms. The van der Waals surface area contributed by atoms with Crippen LogP contribution in [0.4, 0.5) is 0 Å². The number of carbonyl (C=O) groups excluding carboxylic acids is 3. The van der Waals surface area contributed by atoms with Crippen molar-refractivity contribution in [2.75, 3.05) is 0 Å². The molecule has 2 aliphatic carbocycles. The van der Waals surface area contributed by atoms with Gasteiger partial charge in [0.25, 0.3) is 0 Å². The predicted molar refractivity (Wildman–Crippen MR) is 114 cm³/mol. The largest absolute Gasteiger partial charge is 0.462 e. The average Bonchev–Trinajstić information content (AvgIpc) is 3.30. The van der Waals surface area contributed by atoms with Crippen molar-refractivity contribution in [2.24, 2.45) is 11.3 Å². The molecule has 9 heteroatoms. The number of hydrogen-bond donors (Lipinski definition) is 2. The van der Waals surface area contributed by atoms with Crippen molar-refractivity contribution < 1.29 is 43.5 Å². The molecule has 2 heterocycles. The predicted octanol–water partition coefficient (Wildman–Crippen LogP) is 1.35. The van der Waals surface area contributed by atoms with Crippen molar-refractivity contribution in [3.63, 3.8) is 0 Å². The average molecular weight is 465 g/mol. The van der Waals surface area contributed by atoms with Gasteiger partial charge in [0.1, 0.15) is 12.2 Å². The quantitative estimate of drug-likeness (QED) is 0.269. The fourth-order valence-electron chi connectivity index (χ4n) is 6.21. The van der Waals surface area contributed by atoms with Gasteiger partial charge < -0.3 is 29.2 Å². The third kappa shape index (κ3) is 3.27. The first-order chi connectivity index (χ1) is 15.3. The third-order valence-electron chi connectivity index (χ3n) is 8.05. The monoisotopic (exact) mass is 464 g/mol. The van der Waals surface area contributed by atoms with Gasteiger partial charge in [-0.25, -0.2) is 4.79 Å². The number of allylic oxidation sites excluding steroid dienone is 1. The van der Waals surface area contributed by atoms with Gasteiger partial charge in [0, 0.05) is 26.2 Å². The SMILES string of the molecule is C=C1[C@H](O)C[C@H](OC(C)=O)[C@@]2(C)[C@H](OC(C)=O)CC/C(C)=C\[C@H]3OC(=O)[C@@]4(C)O[C@@]34[C@H](O)[C@H]12.